The molecule has 0 heterocycles. The van der Waals surface area contributed by atoms with Crippen molar-refractivity contribution in [3.8, 4) is 0 Å². The summed E-state index contributed by atoms with van der Waals surface area (Å²) in [7, 11) is 0. The molecule has 270 valence electrons. The maximum Gasteiger partial charge on any atom is 0.407 e. The van der Waals surface area contributed by atoms with Gasteiger partial charge in [-0.1, -0.05) is 206 Å². The lowest BCUT2D eigenvalue weighted by molar-refractivity contribution is 0.0838. The summed E-state index contributed by atoms with van der Waals surface area (Å²) < 4.78 is 5.81. The van der Waals surface area contributed by atoms with E-state index in [1.807, 2.05) is 0 Å². The Bertz CT molecular complexity index is 519. The molecule has 0 saturated carbocycles. The molecule has 0 rings (SSSR count). The highest BCUT2D eigenvalue weighted by Gasteiger charge is 2.14. The molecule has 0 atom stereocenters. The predicted molar refractivity (Wildman–Crippen MR) is 198 cm³/mol. The van der Waals surface area contributed by atoms with Crippen LogP contribution in [0.5, 0.6) is 0 Å². The van der Waals surface area contributed by atoms with Crippen LogP contribution in [0.3, 0.4) is 0 Å². The smallest absolute Gasteiger partial charge is 0.407 e. The van der Waals surface area contributed by atoms with E-state index in [4.69, 9.17) is 9.84 Å². The number of alkyl carbamates (subject to hydrolysis) is 1. The Kier molecular flexibility index (Phi) is 38.7. The van der Waals surface area contributed by atoms with Crippen molar-refractivity contribution >= 4 is 6.09 Å². The van der Waals surface area contributed by atoms with E-state index in [1.54, 1.807) is 0 Å². The molecule has 45 heavy (non-hydrogen) atoms. The fraction of sp³-hybridized carbons (Fsp3) is 0.976. The van der Waals surface area contributed by atoms with E-state index in [0.29, 0.717) is 13.0 Å². The first-order chi connectivity index (χ1) is 22.2. The zero-order valence-electron chi connectivity index (χ0n) is 31.0. The number of amides is 1. The summed E-state index contributed by atoms with van der Waals surface area (Å²) in [4.78, 5) is 12.3. The number of aliphatic hydroxyl groups is 1. The average Bonchev–Trinajstić information content (AvgIpc) is 3.04. The molecule has 4 heteroatoms. The summed E-state index contributed by atoms with van der Waals surface area (Å²) in [5, 5.41) is 11.8. The van der Waals surface area contributed by atoms with Crippen LogP contribution in [0.15, 0.2) is 0 Å². The molecular weight excluding hydrogens is 554 g/mol. The summed E-state index contributed by atoms with van der Waals surface area (Å²) in [6.45, 7) is 5.17. The zero-order valence-corrected chi connectivity index (χ0v) is 31.0. The topological polar surface area (TPSA) is 58.6 Å². The van der Waals surface area contributed by atoms with Gasteiger partial charge in [0.1, 0.15) is 6.10 Å². The van der Waals surface area contributed by atoms with Gasteiger partial charge in [0.25, 0.3) is 0 Å². The van der Waals surface area contributed by atoms with Gasteiger partial charge in [0, 0.05) is 13.2 Å². The maximum absolute atomic E-state index is 12.3. The average molecular weight is 638 g/mol. The molecule has 0 bridgehead atoms. The summed E-state index contributed by atoms with van der Waals surface area (Å²) in [6, 6.07) is 0. The number of hydrogen-bond acceptors (Lipinski definition) is 3. The summed E-state index contributed by atoms with van der Waals surface area (Å²) in [5.74, 6) is 0. The van der Waals surface area contributed by atoms with E-state index < -0.39 is 0 Å². The van der Waals surface area contributed by atoms with E-state index in [9.17, 15) is 4.79 Å². The highest BCUT2D eigenvalue weighted by Crippen LogP contribution is 2.19. The number of nitrogens with one attached hydrogen (secondary N) is 1. The Labute approximate surface area is 283 Å². The van der Waals surface area contributed by atoms with Crippen LogP contribution in [-0.2, 0) is 4.74 Å². The Hall–Kier alpha value is -0.770. The van der Waals surface area contributed by atoms with Gasteiger partial charge < -0.3 is 15.2 Å². The summed E-state index contributed by atoms with van der Waals surface area (Å²) >= 11 is 0. The number of unbranched alkanes of at least 4 members (excludes halogenated alkanes) is 30. The normalized spacial score (nSPS) is 11.5. The molecule has 0 aliphatic heterocycles. The molecule has 0 radical (unpaired) electrons. The zero-order chi connectivity index (χ0) is 32.7. The van der Waals surface area contributed by atoms with Crippen molar-refractivity contribution in [1.82, 2.24) is 5.32 Å². The number of carbonyl (C=O) groups is 1. The van der Waals surface area contributed by atoms with Crippen LogP contribution < -0.4 is 5.32 Å². The summed E-state index contributed by atoms with van der Waals surface area (Å²) in [5.41, 5.74) is 0. The molecule has 0 aromatic heterocycles. The molecule has 0 aliphatic carbocycles. The van der Waals surface area contributed by atoms with Crippen molar-refractivity contribution in [1.29, 1.82) is 0 Å². The van der Waals surface area contributed by atoms with Crippen molar-refractivity contribution in [2.75, 3.05) is 13.2 Å². The van der Waals surface area contributed by atoms with Gasteiger partial charge in [0.15, 0.2) is 0 Å². The summed E-state index contributed by atoms with van der Waals surface area (Å²) in [6.07, 6.45) is 46.5. The third-order valence-electron chi connectivity index (χ3n) is 9.64. The molecule has 0 fully saturated rings. The van der Waals surface area contributed by atoms with Gasteiger partial charge in [0.05, 0.1) is 0 Å². The van der Waals surface area contributed by atoms with Crippen molar-refractivity contribution in [3.05, 3.63) is 0 Å². The minimum absolute atomic E-state index is 0.0393. The highest BCUT2D eigenvalue weighted by atomic mass is 16.6. The first kappa shape index (κ1) is 44.2. The first-order valence-electron chi connectivity index (χ1n) is 20.8. The number of hydrogen-bond donors (Lipinski definition) is 2. The fourth-order valence-electron chi connectivity index (χ4n) is 6.56. The largest absolute Gasteiger partial charge is 0.446 e. The van der Waals surface area contributed by atoms with Gasteiger partial charge in [-0.2, -0.15) is 0 Å². The Morgan fingerprint density at radius 1 is 0.444 bits per heavy atom. The minimum Gasteiger partial charge on any atom is -0.446 e. The van der Waals surface area contributed by atoms with E-state index in [0.717, 1.165) is 25.7 Å². The van der Waals surface area contributed by atoms with E-state index >= 15 is 0 Å². The van der Waals surface area contributed by atoms with Gasteiger partial charge in [-0.15, -0.1) is 0 Å². The second kappa shape index (κ2) is 39.4. The number of aliphatic hydroxyl groups excluding tert-OH is 1. The van der Waals surface area contributed by atoms with Gasteiger partial charge in [0.2, 0.25) is 0 Å². The van der Waals surface area contributed by atoms with Crippen molar-refractivity contribution in [2.24, 2.45) is 0 Å². The van der Waals surface area contributed by atoms with Crippen LogP contribution in [0.1, 0.15) is 239 Å². The predicted octanol–water partition coefficient (Wildman–Crippen LogP) is 13.8. The molecule has 0 aliphatic rings. The quantitative estimate of drug-likeness (QED) is 0.0662. The van der Waals surface area contributed by atoms with Crippen LogP contribution in [-0.4, -0.2) is 30.5 Å². The monoisotopic (exact) mass is 638 g/mol. The van der Waals surface area contributed by atoms with Crippen molar-refractivity contribution in [3.63, 3.8) is 0 Å². The van der Waals surface area contributed by atoms with E-state index in [1.165, 1.54) is 193 Å². The molecule has 0 spiro atoms. The number of ether oxygens (including phenoxy) is 1. The van der Waals surface area contributed by atoms with Crippen molar-refractivity contribution in [2.45, 2.75) is 245 Å². The molecule has 0 unspecified atom stereocenters. The van der Waals surface area contributed by atoms with E-state index in [2.05, 4.69) is 19.2 Å². The lowest BCUT2D eigenvalue weighted by atomic mass is 10.0. The van der Waals surface area contributed by atoms with Gasteiger partial charge in [-0.25, -0.2) is 4.79 Å². The number of rotatable bonds is 38. The SMILES string of the molecule is CCCCCCCCCCCCCCCCCCC(CCCCCCCCCCCCCCCCCC)OC(=O)NCCCO. The fourth-order valence-corrected chi connectivity index (χ4v) is 6.56. The first-order valence-corrected chi connectivity index (χ1v) is 20.8. The van der Waals surface area contributed by atoms with Crippen LogP contribution in [0.4, 0.5) is 4.79 Å². The highest BCUT2D eigenvalue weighted by molar-refractivity contribution is 5.67. The second-order valence-corrected chi connectivity index (χ2v) is 14.2. The standard InChI is InChI=1S/C41H83NO3/c1-3-5-7-9-11-13-15-17-19-21-23-25-27-29-31-33-36-40(45-41(44)42-38-35-39-43)37-34-32-30-28-26-24-22-20-18-16-14-12-10-8-6-4-2/h40,43H,3-39H2,1-2H3,(H,42,44). The molecule has 4 nitrogen and oxygen atoms in total. The van der Waals surface area contributed by atoms with Crippen LogP contribution >= 0.6 is 0 Å². The lowest BCUT2D eigenvalue weighted by Crippen LogP contribution is -2.30. The molecule has 0 aromatic rings. The van der Waals surface area contributed by atoms with Crippen LogP contribution in [0, 0.1) is 0 Å². The molecular formula is C41H83NO3. The molecule has 0 saturated heterocycles. The molecule has 1 amide bonds. The third kappa shape index (κ3) is 37.6. The number of carbonyl (C=O) groups excluding carboxylic acids is 1. The van der Waals surface area contributed by atoms with E-state index in [-0.39, 0.29) is 18.8 Å². The Morgan fingerprint density at radius 2 is 0.711 bits per heavy atom. The maximum atomic E-state index is 12.3. The molecule has 2 N–H and O–H groups in total. The Balaban J connectivity index is 3.78. The molecule has 0 aromatic carbocycles. The van der Waals surface area contributed by atoms with Crippen LogP contribution in [0.2, 0.25) is 0 Å². The van der Waals surface area contributed by atoms with Gasteiger partial charge in [-0.3, -0.25) is 0 Å². The van der Waals surface area contributed by atoms with Gasteiger partial charge >= 0.3 is 6.09 Å². The van der Waals surface area contributed by atoms with Crippen molar-refractivity contribution < 1.29 is 14.6 Å². The minimum atomic E-state index is -0.304. The van der Waals surface area contributed by atoms with Crippen LogP contribution in [0.25, 0.3) is 0 Å². The third-order valence-corrected chi connectivity index (χ3v) is 9.64. The van der Waals surface area contributed by atoms with Gasteiger partial charge in [-0.05, 0) is 32.1 Å². The Morgan fingerprint density at radius 3 is 0.978 bits per heavy atom. The lowest BCUT2D eigenvalue weighted by Gasteiger charge is -2.18. The second-order valence-electron chi connectivity index (χ2n) is 14.2.